The fourth-order valence-electron chi connectivity index (χ4n) is 3.47. The summed E-state index contributed by atoms with van der Waals surface area (Å²) in [5.74, 6) is 0.650. The van der Waals surface area contributed by atoms with Crippen molar-refractivity contribution < 1.29 is 13.5 Å². The molecule has 3 atom stereocenters. The van der Waals surface area contributed by atoms with Crippen LogP contribution in [-0.4, -0.2) is 39.2 Å². The maximum atomic E-state index is 14.3. The summed E-state index contributed by atoms with van der Waals surface area (Å²) in [5, 5.41) is 6.20. The Morgan fingerprint density at radius 1 is 0.964 bits per heavy atom. The van der Waals surface area contributed by atoms with Crippen molar-refractivity contribution in [3.63, 3.8) is 0 Å². The first-order valence-corrected chi connectivity index (χ1v) is 8.90. The fraction of sp³-hybridized carbons (Fsp3) is 0.263. The van der Waals surface area contributed by atoms with Gasteiger partial charge in [0.1, 0.15) is 11.6 Å². The van der Waals surface area contributed by atoms with Crippen molar-refractivity contribution in [2.75, 3.05) is 23.8 Å². The number of benzene rings is 1. The topological polar surface area (TPSA) is 84.9 Å². The number of hydrogen-bond donors (Lipinski definition) is 2. The predicted molar refractivity (Wildman–Crippen MR) is 97.9 cm³/mol. The third-order valence-electron chi connectivity index (χ3n) is 4.96. The van der Waals surface area contributed by atoms with Gasteiger partial charge < -0.3 is 15.4 Å². The molecule has 0 bridgehead atoms. The molecule has 1 saturated heterocycles. The number of rotatable bonds is 5. The molecule has 3 heterocycles. The third kappa shape index (κ3) is 3.24. The van der Waals surface area contributed by atoms with Crippen LogP contribution in [0.1, 0.15) is 0 Å². The number of nitrogens with one attached hydrogen (secondary N) is 2. The zero-order chi connectivity index (χ0) is 19.1. The number of aromatic nitrogens is 4. The lowest BCUT2D eigenvalue weighted by Crippen LogP contribution is -2.16. The zero-order valence-electron chi connectivity index (χ0n) is 14.6. The first-order chi connectivity index (χ1) is 13.7. The zero-order valence-corrected chi connectivity index (χ0v) is 14.6. The molecule has 2 fully saturated rings. The van der Waals surface area contributed by atoms with E-state index in [0.29, 0.717) is 36.7 Å². The van der Waals surface area contributed by atoms with E-state index >= 15 is 0 Å². The van der Waals surface area contributed by atoms with Crippen molar-refractivity contribution in [1.29, 1.82) is 0 Å². The van der Waals surface area contributed by atoms with E-state index in [9.17, 15) is 8.78 Å². The average Bonchev–Trinajstić information content (AvgIpc) is 3.10. The number of pyridine rings is 1. The Morgan fingerprint density at radius 2 is 1.75 bits per heavy atom. The van der Waals surface area contributed by atoms with Crippen molar-refractivity contribution in [2.45, 2.75) is 6.04 Å². The lowest BCUT2D eigenvalue weighted by Gasteiger charge is -2.12. The molecule has 1 unspecified atom stereocenters. The number of halogens is 2. The molecule has 1 aliphatic carbocycles. The normalized spacial score (nSPS) is 22.6. The lowest BCUT2D eigenvalue weighted by atomic mass is 10.2. The van der Waals surface area contributed by atoms with Crippen molar-refractivity contribution in [3.05, 3.63) is 54.4 Å². The minimum Gasteiger partial charge on any atom is -0.381 e. The van der Waals surface area contributed by atoms with E-state index in [2.05, 4.69) is 30.6 Å². The molecule has 0 amide bonds. The van der Waals surface area contributed by atoms with Gasteiger partial charge in [-0.2, -0.15) is 15.0 Å². The Kier molecular flexibility index (Phi) is 4.09. The molecular formula is C19H16F2N6O. The summed E-state index contributed by atoms with van der Waals surface area (Å²) in [6, 6.07) is 7.76. The van der Waals surface area contributed by atoms with Gasteiger partial charge in [-0.15, -0.1) is 0 Å². The van der Waals surface area contributed by atoms with Gasteiger partial charge >= 0.3 is 0 Å². The van der Waals surface area contributed by atoms with Crippen LogP contribution in [0.4, 0.5) is 26.4 Å². The maximum absolute atomic E-state index is 14.3. The molecule has 5 rings (SSSR count). The van der Waals surface area contributed by atoms with Crippen LogP contribution < -0.4 is 10.6 Å². The Hall–Kier alpha value is -3.20. The van der Waals surface area contributed by atoms with Crippen LogP contribution in [0.25, 0.3) is 11.4 Å². The molecular weight excluding hydrogens is 366 g/mol. The van der Waals surface area contributed by atoms with Crippen LogP contribution >= 0.6 is 0 Å². The largest absolute Gasteiger partial charge is 0.381 e. The average molecular weight is 382 g/mol. The fourth-order valence-corrected chi connectivity index (χ4v) is 3.47. The smallest absolute Gasteiger partial charge is 0.232 e. The molecule has 9 heteroatoms. The van der Waals surface area contributed by atoms with Gasteiger partial charge in [0, 0.05) is 23.9 Å². The number of nitrogens with zero attached hydrogens (tertiary/aromatic N) is 4. The number of ether oxygens (including phenoxy) is 1. The first-order valence-electron chi connectivity index (χ1n) is 8.90. The van der Waals surface area contributed by atoms with Gasteiger partial charge in [0.05, 0.1) is 36.9 Å². The molecule has 1 saturated carbocycles. The van der Waals surface area contributed by atoms with Gasteiger partial charge in [-0.05, 0) is 12.1 Å². The van der Waals surface area contributed by atoms with Crippen molar-refractivity contribution in [2.24, 2.45) is 11.8 Å². The van der Waals surface area contributed by atoms with E-state index in [1.165, 1.54) is 18.3 Å². The highest BCUT2D eigenvalue weighted by atomic mass is 19.1. The van der Waals surface area contributed by atoms with Crippen LogP contribution in [0.5, 0.6) is 0 Å². The Labute approximate surface area is 159 Å². The third-order valence-corrected chi connectivity index (χ3v) is 4.96. The van der Waals surface area contributed by atoms with Crippen LogP contribution in [0.15, 0.2) is 42.7 Å². The highest BCUT2D eigenvalue weighted by molar-refractivity contribution is 5.61. The monoisotopic (exact) mass is 382 g/mol. The lowest BCUT2D eigenvalue weighted by molar-refractivity contribution is 0.162. The Morgan fingerprint density at radius 3 is 2.54 bits per heavy atom. The van der Waals surface area contributed by atoms with Gasteiger partial charge in [-0.3, -0.25) is 4.98 Å². The molecule has 1 aromatic carbocycles. The molecule has 28 heavy (non-hydrogen) atoms. The van der Waals surface area contributed by atoms with Crippen LogP contribution in [-0.2, 0) is 4.74 Å². The van der Waals surface area contributed by atoms with E-state index in [1.807, 2.05) is 0 Å². The molecule has 142 valence electrons. The highest BCUT2D eigenvalue weighted by Gasteiger charge is 2.54. The predicted octanol–water partition coefficient (Wildman–Crippen LogP) is 3.01. The van der Waals surface area contributed by atoms with E-state index < -0.39 is 11.6 Å². The van der Waals surface area contributed by atoms with Gasteiger partial charge in [0.25, 0.3) is 0 Å². The van der Waals surface area contributed by atoms with Crippen molar-refractivity contribution in [1.82, 2.24) is 19.9 Å². The molecule has 3 aromatic rings. The van der Waals surface area contributed by atoms with Crippen molar-refractivity contribution >= 4 is 17.6 Å². The molecule has 0 spiro atoms. The van der Waals surface area contributed by atoms with Gasteiger partial charge in [-0.25, -0.2) is 8.78 Å². The summed E-state index contributed by atoms with van der Waals surface area (Å²) in [7, 11) is 0. The number of fused-ring (bicyclic) bond motifs is 1. The molecule has 1 aliphatic heterocycles. The second-order valence-electron chi connectivity index (χ2n) is 6.84. The van der Waals surface area contributed by atoms with Crippen LogP contribution in [0.2, 0.25) is 0 Å². The number of hydrogen-bond acceptors (Lipinski definition) is 7. The molecule has 2 aliphatic rings. The second-order valence-corrected chi connectivity index (χ2v) is 6.84. The second kappa shape index (κ2) is 6.75. The Balaban J connectivity index is 1.49. The minimum absolute atomic E-state index is 0.171. The van der Waals surface area contributed by atoms with E-state index in [4.69, 9.17) is 4.74 Å². The molecule has 2 aromatic heterocycles. The van der Waals surface area contributed by atoms with Gasteiger partial charge in [-0.1, -0.05) is 12.1 Å². The summed E-state index contributed by atoms with van der Waals surface area (Å²) in [6.07, 6.45) is 2.55. The summed E-state index contributed by atoms with van der Waals surface area (Å²) in [5.41, 5.74) is 0.640. The SMILES string of the molecule is Fc1cncc(Nc2nc(NC3[C@H]4COC[C@@H]34)nc(-c3ccccc3F)n2)c1. The van der Waals surface area contributed by atoms with Gasteiger partial charge in [0.2, 0.25) is 11.9 Å². The number of anilines is 3. The summed E-state index contributed by atoms with van der Waals surface area (Å²) >= 11 is 0. The first kappa shape index (κ1) is 16.9. The molecule has 7 nitrogen and oxygen atoms in total. The quantitative estimate of drug-likeness (QED) is 0.702. The Bertz CT molecular complexity index is 1020. The summed E-state index contributed by atoms with van der Waals surface area (Å²) < 4.78 is 33.1. The highest BCUT2D eigenvalue weighted by Crippen LogP contribution is 2.45. The standard InChI is InChI=1S/C19H16F2N6O/c20-10-5-11(7-22-6-10)23-18-25-17(12-3-1-2-4-15(12)21)26-19(27-18)24-16-13-8-28-9-14(13)16/h1-7,13-14,16H,8-9H2,(H2,23,24,25,26,27)/t13-,14+,16?. The van der Waals surface area contributed by atoms with Gasteiger partial charge in [0.15, 0.2) is 5.82 Å². The summed E-state index contributed by atoms with van der Waals surface area (Å²) in [6.45, 7) is 1.43. The summed E-state index contributed by atoms with van der Waals surface area (Å²) in [4.78, 5) is 16.8. The van der Waals surface area contributed by atoms with E-state index in [0.717, 1.165) is 6.20 Å². The van der Waals surface area contributed by atoms with E-state index in [1.54, 1.807) is 18.2 Å². The molecule has 2 N–H and O–H groups in total. The maximum Gasteiger partial charge on any atom is 0.232 e. The van der Waals surface area contributed by atoms with E-state index in [-0.39, 0.29) is 23.4 Å². The van der Waals surface area contributed by atoms with Crippen molar-refractivity contribution in [3.8, 4) is 11.4 Å². The molecule has 0 radical (unpaired) electrons. The minimum atomic E-state index is -0.488. The van der Waals surface area contributed by atoms with Crippen LogP contribution in [0.3, 0.4) is 0 Å². The van der Waals surface area contributed by atoms with Crippen LogP contribution in [0, 0.1) is 23.5 Å².